The van der Waals surface area contributed by atoms with Crippen molar-refractivity contribution in [3.8, 4) is 0 Å². The lowest BCUT2D eigenvalue weighted by molar-refractivity contribution is -0.119. The first-order chi connectivity index (χ1) is 10.7. The van der Waals surface area contributed by atoms with Crippen LogP contribution in [0.15, 0.2) is 24.4 Å². The zero-order chi connectivity index (χ0) is 15.3. The van der Waals surface area contributed by atoms with Gasteiger partial charge in [0.1, 0.15) is 0 Å². The van der Waals surface area contributed by atoms with Gasteiger partial charge in [0, 0.05) is 42.0 Å². The Bertz CT molecular complexity index is 720. The Labute approximate surface area is 130 Å². The highest BCUT2D eigenvalue weighted by atomic mass is 16.1. The van der Waals surface area contributed by atoms with Gasteiger partial charge in [-0.15, -0.1) is 0 Å². The van der Waals surface area contributed by atoms with E-state index in [2.05, 4.69) is 41.2 Å². The van der Waals surface area contributed by atoms with Crippen molar-refractivity contribution >= 4 is 16.8 Å². The van der Waals surface area contributed by atoms with Gasteiger partial charge in [-0.05, 0) is 42.5 Å². The van der Waals surface area contributed by atoms with Crippen LogP contribution in [0, 0.1) is 5.92 Å². The van der Waals surface area contributed by atoms with Crippen molar-refractivity contribution in [1.29, 1.82) is 0 Å². The molecule has 4 heteroatoms. The van der Waals surface area contributed by atoms with E-state index in [0.717, 1.165) is 25.9 Å². The molecule has 0 radical (unpaired) electrons. The molecule has 2 aliphatic rings. The number of amides is 1. The van der Waals surface area contributed by atoms with Crippen molar-refractivity contribution in [3.05, 3.63) is 35.5 Å². The van der Waals surface area contributed by atoms with Crippen LogP contribution >= 0.6 is 0 Å². The van der Waals surface area contributed by atoms with Gasteiger partial charge in [-0.1, -0.05) is 19.1 Å². The Morgan fingerprint density at radius 2 is 2.32 bits per heavy atom. The van der Waals surface area contributed by atoms with E-state index in [0.29, 0.717) is 24.3 Å². The Balaban J connectivity index is 1.76. The summed E-state index contributed by atoms with van der Waals surface area (Å²) >= 11 is 0. The number of hydrogen-bond acceptors (Lipinski definition) is 2. The van der Waals surface area contributed by atoms with E-state index in [4.69, 9.17) is 5.73 Å². The number of carbonyl (C=O) groups is 1. The van der Waals surface area contributed by atoms with Gasteiger partial charge in [0.15, 0.2) is 0 Å². The number of piperidine rings is 1. The molecule has 2 heterocycles. The third-order valence-corrected chi connectivity index (χ3v) is 5.56. The minimum Gasteiger partial charge on any atom is -0.370 e. The maximum atomic E-state index is 11.4. The molecule has 1 aliphatic carbocycles. The summed E-state index contributed by atoms with van der Waals surface area (Å²) in [6, 6.07) is 7.14. The van der Waals surface area contributed by atoms with E-state index in [1.54, 1.807) is 0 Å². The van der Waals surface area contributed by atoms with Gasteiger partial charge in [0.2, 0.25) is 5.91 Å². The topological polar surface area (TPSA) is 62.1 Å². The number of hydrogen-bond donors (Lipinski definition) is 2. The first-order valence-electron chi connectivity index (χ1n) is 8.28. The average Bonchev–Trinajstić information content (AvgIpc) is 2.91. The molecule has 116 valence electrons. The van der Waals surface area contributed by atoms with Gasteiger partial charge in [-0.25, -0.2) is 0 Å². The second-order valence-corrected chi connectivity index (χ2v) is 6.82. The summed E-state index contributed by atoms with van der Waals surface area (Å²) in [5.41, 5.74) is 9.59. The Kier molecular flexibility index (Phi) is 3.22. The number of rotatable bonds is 3. The van der Waals surface area contributed by atoms with E-state index < -0.39 is 0 Å². The maximum Gasteiger partial charge on any atom is 0.217 e. The largest absolute Gasteiger partial charge is 0.370 e. The fourth-order valence-corrected chi connectivity index (χ4v) is 4.70. The average molecular weight is 297 g/mol. The molecule has 1 fully saturated rings. The molecule has 4 nitrogen and oxygen atoms in total. The van der Waals surface area contributed by atoms with Gasteiger partial charge >= 0.3 is 0 Å². The number of H-pyrrole nitrogens is 1. The van der Waals surface area contributed by atoms with Gasteiger partial charge in [0.05, 0.1) is 0 Å². The third kappa shape index (κ3) is 2.05. The Hall–Kier alpha value is -1.81. The standard InChI is InChI=1S/C18H23N3O/c1-2-21-10-11(7-17(19)22)6-14-13-4-3-5-15-18(13)12(9-20-15)8-16(14)21/h3-5,9,11,14,16,20H,2,6-8,10H2,1H3,(H2,19,22)/t11-,14+,16+/m0/s1. The van der Waals surface area contributed by atoms with Gasteiger partial charge in [-0.3, -0.25) is 9.69 Å². The molecule has 4 rings (SSSR count). The number of aromatic nitrogens is 1. The molecule has 0 spiro atoms. The first kappa shape index (κ1) is 13.8. The molecule has 1 saturated heterocycles. The fraction of sp³-hybridized carbons (Fsp3) is 0.500. The first-order valence-corrected chi connectivity index (χ1v) is 8.28. The zero-order valence-electron chi connectivity index (χ0n) is 13.0. The van der Waals surface area contributed by atoms with Crippen molar-refractivity contribution in [3.63, 3.8) is 0 Å². The van der Waals surface area contributed by atoms with Crippen molar-refractivity contribution in [2.45, 2.75) is 38.1 Å². The lowest BCUT2D eigenvalue weighted by atomic mass is 9.71. The number of nitrogens with one attached hydrogen (secondary N) is 1. The predicted octanol–water partition coefficient (Wildman–Crippen LogP) is 2.39. The molecule has 1 amide bonds. The number of nitrogens with two attached hydrogens (primary N) is 1. The second-order valence-electron chi connectivity index (χ2n) is 6.82. The van der Waals surface area contributed by atoms with Crippen molar-refractivity contribution < 1.29 is 4.79 Å². The number of benzene rings is 1. The fourth-order valence-electron chi connectivity index (χ4n) is 4.70. The van der Waals surface area contributed by atoms with Crippen molar-refractivity contribution in [1.82, 2.24) is 9.88 Å². The molecular formula is C18H23N3O. The van der Waals surface area contributed by atoms with Crippen LogP contribution in [0.25, 0.3) is 10.9 Å². The van der Waals surface area contributed by atoms with Gasteiger partial charge in [-0.2, -0.15) is 0 Å². The van der Waals surface area contributed by atoms with Crippen molar-refractivity contribution in [2.24, 2.45) is 11.7 Å². The number of likely N-dealkylation sites (N-methyl/N-ethyl adjacent to an activating group) is 1. The number of likely N-dealkylation sites (tertiary alicyclic amines) is 1. The molecule has 22 heavy (non-hydrogen) atoms. The number of nitrogens with zero attached hydrogens (tertiary/aromatic N) is 1. The van der Waals surface area contributed by atoms with E-state index in [1.807, 2.05) is 0 Å². The third-order valence-electron chi connectivity index (χ3n) is 5.56. The highest BCUT2D eigenvalue weighted by molar-refractivity contribution is 5.88. The number of primary amides is 1. The quantitative estimate of drug-likeness (QED) is 0.914. The molecule has 1 aromatic heterocycles. The van der Waals surface area contributed by atoms with Gasteiger partial charge < -0.3 is 10.7 Å². The minimum atomic E-state index is -0.171. The summed E-state index contributed by atoms with van der Waals surface area (Å²) < 4.78 is 0. The van der Waals surface area contributed by atoms with Crippen LogP contribution < -0.4 is 5.73 Å². The monoisotopic (exact) mass is 297 g/mol. The molecular weight excluding hydrogens is 274 g/mol. The summed E-state index contributed by atoms with van der Waals surface area (Å²) in [7, 11) is 0. The highest BCUT2D eigenvalue weighted by Gasteiger charge is 2.40. The second kappa shape index (κ2) is 5.13. The predicted molar refractivity (Wildman–Crippen MR) is 87.7 cm³/mol. The van der Waals surface area contributed by atoms with Crippen LogP contribution in [0.1, 0.15) is 36.8 Å². The number of fused-ring (bicyclic) bond motifs is 2. The summed E-state index contributed by atoms with van der Waals surface area (Å²) in [6.07, 6.45) is 4.87. The van der Waals surface area contributed by atoms with Crippen molar-refractivity contribution in [2.75, 3.05) is 13.1 Å². The SMILES string of the molecule is CCN1C[C@H](CC(N)=O)C[C@@H]2c3cccc4[nH]cc(c34)C[C@H]21. The summed E-state index contributed by atoms with van der Waals surface area (Å²) in [5, 5.41) is 1.42. The number of aromatic amines is 1. The number of carbonyl (C=O) groups excluding carboxylic acids is 1. The summed E-state index contributed by atoms with van der Waals surface area (Å²) in [6.45, 7) is 4.25. The summed E-state index contributed by atoms with van der Waals surface area (Å²) in [5.74, 6) is 0.732. The molecule has 3 N–H and O–H groups in total. The smallest absolute Gasteiger partial charge is 0.217 e. The van der Waals surface area contributed by atoms with Crippen LogP contribution in [0.2, 0.25) is 0 Å². The normalized spacial score (nSPS) is 27.8. The zero-order valence-corrected chi connectivity index (χ0v) is 13.0. The van der Waals surface area contributed by atoms with E-state index >= 15 is 0 Å². The van der Waals surface area contributed by atoms with Gasteiger partial charge in [0.25, 0.3) is 0 Å². The molecule has 1 aliphatic heterocycles. The van der Waals surface area contributed by atoms with E-state index in [1.165, 1.54) is 22.0 Å². The summed E-state index contributed by atoms with van der Waals surface area (Å²) in [4.78, 5) is 17.3. The highest BCUT2D eigenvalue weighted by Crippen LogP contribution is 2.45. The van der Waals surface area contributed by atoms with E-state index in [-0.39, 0.29) is 5.91 Å². The van der Waals surface area contributed by atoms with Crippen LogP contribution in [-0.4, -0.2) is 34.9 Å². The molecule has 0 bridgehead atoms. The maximum absolute atomic E-state index is 11.4. The van der Waals surface area contributed by atoms with E-state index in [9.17, 15) is 4.79 Å². The van der Waals surface area contributed by atoms with Crippen LogP contribution in [0.5, 0.6) is 0 Å². The Morgan fingerprint density at radius 1 is 1.45 bits per heavy atom. The molecule has 3 atom stereocenters. The van der Waals surface area contributed by atoms with Crippen LogP contribution in [0.4, 0.5) is 0 Å². The molecule has 1 aromatic carbocycles. The van der Waals surface area contributed by atoms with Crippen LogP contribution in [-0.2, 0) is 11.2 Å². The molecule has 0 saturated carbocycles. The lowest BCUT2D eigenvalue weighted by Crippen LogP contribution is -2.50. The molecule has 0 unspecified atom stereocenters. The van der Waals surface area contributed by atoms with Crippen LogP contribution in [0.3, 0.4) is 0 Å². The Morgan fingerprint density at radius 3 is 3.09 bits per heavy atom. The molecule has 2 aromatic rings. The lowest BCUT2D eigenvalue weighted by Gasteiger charge is -2.46. The minimum absolute atomic E-state index is 0.171.